The van der Waals surface area contributed by atoms with Crippen LogP contribution in [-0.4, -0.2) is 53.6 Å². The fraction of sp³-hybridized carbons (Fsp3) is 0.727. The fourth-order valence-electron chi connectivity index (χ4n) is 4.54. The highest BCUT2D eigenvalue weighted by molar-refractivity contribution is 5.13. The monoisotopic (exact) mass is 361 g/mol. The summed E-state index contributed by atoms with van der Waals surface area (Å²) in [4.78, 5) is 2.38. The summed E-state index contributed by atoms with van der Waals surface area (Å²) in [5.41, 5.74) is 1.12. The molecular formula is C22H35NO3. The number of aliphatic hydroxyl groups excluding tert-OH is 2. The van der Waals surface area contributed by atoms with Gasteiger partial charge in [0.05, 0.1) is 18.8 Å². The molecule has 1 saturated carbocycles. The van der Waals surface area contributed by atoms with Crippen LogP contribution in [0.1, 0.15) is 50.5 Å². The van der Waals surface area contributed by atoms with Gasteiger partial charge in [-0.3, -0.25) is 0 Å². The van der Waals surface area contributed by atoms with Crippen molar-refractivity contribution in [2.75, 3.05) is 26.2 Å². The maximum atomic E-state index is 10.5. The molecule has 1 aliphatic carbocycles. The second-order valence-electron chi connectivity index (χ2n) is 8.17. The minimum absolute atomic E-state index is 0.0193. The number of nitrogens with zero attached hydrogens (tertiary/aromatic N) is 1. The standard InChI is InChI=1S/C22H35NO3/c24-16-20-14-23(13-7-12-18-8-3-1-4-9-18)15-21(22(20)25)26-17-19-10-5-2-6-11-19/h2,5-6,10-11,18,20-22,24-25H,1,3-4,7-9,12-17H2/t20-,21-,22-/m1/s1. The lowest BCUT2D eigenvalue weighted by atomic mass is 9.86. The molecule has 2 N–H and O–H groups in total. The van der Waals surface area contributed by atoms with Crippen LogP contribution in [0, 0.1) is 11.8 Å². The van der Waals surface area contributed by atoms with Gasteiger partial charge in [-0.05, 0) is 30.9 Å². The molecule has 1 aliphatic heterocycles. The zero-order valence-corrected chi connectivity index (χ0v) is 15.9. The van der Waals surface area contributed by atoms with E-state index in [1.807, 2.05) is 30.3 Å². The summed E-state index contributed by atoms with van der Waals surface area (Å²) in [7, 11) is 0. The molecule has 0 radical (unpaired) electrons. The van der Waals surface area contributed by atoms with Crippen molar-refractivity contribution in [2.24, 2.45) is 11.8 Å². The van der Waals surface area contributed by atoms with Crippen molar-refractivity contribution in [3.05, 3.63) is 35.9 Å². The van der Waals surface area contributed by atoms with E-state index < -0.39 is 6.10 Å². The maximum Gasteiger partial charge on any atom is 0.0969 e. The maximum absolute atomic E-state index is 10.5. The van der Waals surface area contributed by atoms with Gasteiger partial charge in [0.2, 0.25) is 0 Å². The Bertz CT molecular complexity index is 503. The number of aliphatic hydroxyl groups is 2. The number of benzene rings is 1. The first kappa shape index (κ1) is 19.8. The van der Waals surface area contributed by atoms with Crippen molar-refractivity contribution < 1.29 is 14.9 Å². The Hall–Kier alpha value is -0.940. The Morgan fingerprint density at radius 3 is 2.54 bits per heavy atom. The van der Waals surface area contributed by atoms with Crippen LogP contribution in [0.5, 0.6) is 0 Å². The summed E-state index contributed by atoms with van der Waals surface area (Å²) >= 11 is 0. The number of ether oxygens (including phenoxy) is 1. The first-order valence-corrected chi connectivity index (χ1v) is 10.4. The quantitative estimate of drug-likeness (QED) is 0.746. The van der Waals surface area contributed by atoms with E-state index in [1.165, 1.54) is 44.9 Å². The normalized spacial score (nSPS) is 28.3. The van der Waals surface area contributed by atoms with E-state index >= 15 is 0 Å². The molecule has 0 amide bonds. The average molecular weight is 362 g/mol. The smallest absolute Gasteiger partial charge is 0.0969 e. The minimum Gasteiger partial charge on any atom is -0.396 e. The van der Waals surface area contributed by atoms with E-state index in [4.69, 9.17) is 4.74 Å². The first-order valence-electron chi connectivity index (χ1n) is 10.4. The molecule has 3 rings (SSSR count). The molecule has 2 fully saturated rings. The van der Waals surface area contributed by atoms with Crippen LogP contribution < -0.4 is 0 Å². The van der Waals surface area contributed by atoms with Crippen LogP contribution in [0.25, 0.3) is 0 Å². The van der Waals surface area contributed by atoms with E-state index in [-0.39, 0.29) is 18.6 Å². The van der Waals surface area contributed by atoms with E-state index in [0.29, 0.717) is 6.61 Å². The molecule has 1 saturated heterocycles. The van der Waals surface area contributed by atoms with Crippen LogP contribution >= 0.6 is 0 Å². The van der Waals surface area contributed by atoms with Crippen molar-refractivity contribution in [3.63, 3.8) is 0 Å². The fourth-order valence-corrected chi connectivity index (χ4v) is 4.54. The molecule has 146 valence electrons. The highest BCUT2D eigenvalue weighted by Crippen LogP contribution is 2.28. The number of hydrogen-bond acceptors (Lipinski definition) is 4. The van der Waals surface area contributed by atoms with E-state index in [2.05, 4.69) is 4.90 Å². The summed E-state index contributed by atoms with van der Waals surface area (Å²) in [5, 5.41) is 20.2. The molecule has 0 unspecified atom stereocenters. The van der Waals surface area contributed by atoms with Crippen molar-refractivity contribution >= 4 is 0 Å². The summed E-state index contributed by atoms with van der Waals surface area (Å²) in [5.74, 6) is 0.803. The number of hydrogen-bond donors (Lipinski definition) is 2. The molecule has 1 aromatic rings. The Morgan fingerprint density at radius 1 is 1.04 bits per heavy atom. The van der Waals surface area contributed by atoms with Gasteiger partial charge in [-0.25, -0.2) is 0 Å². The summed E-state index contributed by atoms with van der Waals surface area (Å²) in [6, 6.07) is 10.1. The zero-order valence-electron chi connectivity index (χ0n) is 15.9. The molecule has 3 atom stereocenters. The Kier molecular flexibility index (Phi) is 7.93. The molecule has 0 aromatic heterocycles. The third-order valence-electron chi connectivity index (χ3n) is 6.15. The Labute approximate surface area is 158 Å². The average Bonchev–Trinajstić information content (AvgIpc) is 2.69. The van der Waals surface area contributed by atoms with Gasteiger partial charge in [0.15, 0.2) is 0 Å². The van der Waals surface area contributed by atoms with Crippen LogP contribution in [0.4, 0.5) is 0 Å². The second kappa shape index (κ2) is 10.4. The van der Waals surface area contributed by atoms with Gasteiger partial charge >= 0.3 is 0 Å². The van der Waals surface area contributed by atoms with Crippen molar-refractivity contribution in [1.82, 2.24) is 4.90 Å². The van der Waals surface area contributed by atoms with Gasteiger partial charge in [0, 0.05) is 25.6 Å². The predicted octanol–water partition coefficient (Wildman–Crippen LogP) is 3.22. The largest absolute Gasteiger partial charge is 0.396 e. The lowest BCUT2D eigenvalue weighted by Gasteiger charge is -2.41. The predicted molar refractivity (Wildman–Crippen MR) is 104 cm³/mol. The van der Waals surface area contributed by atoms with Crippen LogP contribution in [0.15, 0.2) is 30.3 Å². The van der Waals surface area contributed by atoms with Crippen LogP contribution in [0.2, 0.25) is 0 Å². The van der Waals surface area contributed by atoms with Crippen molar-refractivity contribution in [3.8, 4) is 0 Å². The molecule has 1 heterocycles. The van der Waals surface area contributed by atoms with Crippen LogP contribution in [0.3, 0.4) is 0 Å². The molecule has 0 spiro atoms. The summed E-state index contributed by atoms with van der Waals surface area (Å²) in [6.45, 7) is 3.11. The second-order valence-corrected chi connectivity index (χ2v) is 8.17. The summed E-state index contributed by atoms with van der Waals surface area (Å²) in [6.07, 6.45) is 8.75. The van der Waals surface area contributed by atoms with Gasteiger partial charge in [-0.2, -0.15) is 0 Å². The molecule has 4 heteroatoms. The van der Waals surface area contributed by atoms with Gasteiger partial charge in [-0.15, -0.1) is 0 Å². The van der Waals surface area contributed by atoms with Crippen molar-refractivity contribution in [2.45, 2.75) is 63.8 Å². The van der Waals surface area contributed by atoms with Crippen molar-refractivity contribution in [1.29, 1.82) is 0 Å². The Morgan fingerprint density at radius 2 is 1.81 bits per heavy atom. The Balaban J connectivity index is 1.46. The lowest BCUT2D eigenvalue weighted by Crippen LogP contribution is -2.54. The van der Waals surface area contributed by atoms with Gasteiger partial charge in [0.1, 0.15) is 0 Å². The topological polar surface area (TPSA) is 52.9 Å². The SMILES string of the molecule is OC[C@H]1CN(CCCC2CCCCC2)C[C@@H](OCc2ccccc2)[C@@H]1O. The van der Waals surface area contributed by atoms with E-state index in [1.54, 1.807) is 0 Å². The third kappa shape index (κ3) is 5.78. The van der Waals surface area contributed by atoms with E-state index in [0.717, 1.165) is 31.1 Å². The van der Waals surface area contributed by atoms with Gasteiger partial charge < -0.3 is 19.8 Å². The molecule has 4 nitrogen and oxygen atoms in total. The van der Waals surface area contributed by atoms with Crippen LogP contribution in [-0.2, 0) is 11.3 Å². The minimum atomic E-state index is -0.585. The number of rotatable bonds is 8. The molecule has 1 aromatic carbocycles. The number of piperidine rings is 1. The zero-order chi connectivity index (χ0) is 18.2. The first-order chi connectivity index (χ1) is 12.8. The highest BCUT2D eigenvalue weighted by atomic mass is 16.5. The molecule has 26 heavy (non-hydrogen) atoms. The lowest BCUT2D eigenvalue weighted by molar-refractivity contribution is -0.121. The van der Waals surface area contributed by atoms with Gasteiger partial charge in [0.25, 0.3) is 0 Å². The van der Waals surface area contributed by atoms with E-state index in [9.17, 15) is 10.2 Å². The summed E-state index contributed by atoms with van der Waals surface area (Å²) < 4.78 is 6.04. The molecular weight excluding hydrogens is 326 g/mol. The third-order valence-corrected chi connectivity index (χ3v) is 6.15. The molecule has 0 bridgehead atoms. The van der Waals surface area contributed by atoms with Gasteiger partial charge in [-0.1, -0.05) is 62.4 Å². The number of likely N-dealkylation sites (tertiary alicyclic amines) is 1. The highest BCUT2D eigenvalue weighted by Gasteiger charge is 2.35. The molecule has 2 aliphatic rings.